The minimum Gasteiger partial charge on any atom is -0.465 e. The first-order valence-electron chi connectivity index (χ1n) is 10.2. The van der Waals surface area contributed by atoms with E-state index in [1.165, 1.54) is 7.11 Å². The number of methoxy groups -OCH3 is 1. The third-order valence-corrected chi connectivity index (χ3v) is 5.21. The van der Waals surface area contributed by atoms with Crippen molar-refractivity contribution < 1.29 is 19.1 Å². The van der Waals surface area contributed by atoms with Crippen molar-refractivity contribution in [1.29, 1.82) is 0 Å². The van der Waals surface area contributed by atoms with Crippen molar-refractivity contribution in [2.75, 3.05) is 13.7 Å². The van der Waals surface area contributed by atoms with Crippen molar-refractivity contribution in [1.82, 2.24) is 9.55 Å². The number of nitrogens with two attached hydrogens (primary N) is 1. The molecule has 3 aromatic carbocycles. The first-order valence-corrected chi connectivity index (χ1v) is 10.2. The molecule has 0 aliphatic rings. The van der Waals surface area contributed by atoms with Gasteiger partial charge in [0.2, 0.25) is 5.91 Å². The second-order valence-corrected chi connectivity index (χ2v) is 7.19. The lowest BCUT2D eigenvalue weighted by atomic mass is 9.98. The number of aromatic nitrogens is 2. The maximum Gasteiger partial charge on any atom is 0.340 e. The molecular formula is C25H23N3O4. The minimum absolute atomic E-state index is 0.426. The number of fused-ring (bicyclic) bond motifs is 1. The van der Waals surface area contributed by atoms with Crippen LogP contribution in [0.25, 0.3) is 22.2 Å². The molecule has 32 heavy (non-hydrogen) atoms. The van der Waals surface area contributed by atoms with Gasteiger partial charge >= 0.3 is 5.97 Å². The van der Waals surface area contributed by atoms with Gasteiger partial charge in [0.25, 0.3) is 6.01 Å². The first kappa shape index (κ1) is 21.1. The monoisotopic (exact) mass is 429 g/mol. The Balaban J connectivity index is 1.74. The highest BCUT2D eigenvalue weighted by Crippen LogP contribution is 2.28. The van der Waals surface area contributed by atoms with E-state index in [2.05, 4.69) is 4.98 Å². The van der Waals surface area contributed by atoms with Gasteiger partial charge in [-0.3, -0.25) is 9.36 Å². The van der Waals surface area contributed by atoms with E-state index in [4.69, 9.17) is 15.2 Å². The van der Waals surface area contributed by atoms with E-state index < -0.39 is 11.9 Å². The molecule has 4 aromatic rings. The van der Waals surface area contributed by atoms with Gasteiger partial charge in [-0.15, -0.1) is 0 Å². The maximum atomic E-state index is 12.3. The van der Waals surface area contributed by atoms with Crippen LogP contribution in [-0.2, 0) is 11.3 Å². The molecule has 2 N–H and O–H groups in total. The van der Waals surface area contributed by atoms with Gasteiger partial charge in [-0.1, -0.05) is 48.5 Å². The van der Waals surface area contributed by atoms with Gasteiger partial charge in [-0.2, -0.15) is 4.98 Å². The summed E-state index contributed by atoms with van der Waals surface area (Å²) in [5, 5.41) is 0. The number of benzene rings is 3. The second kappa shape index (κ2) is 8.93. The molecule has 4 rings (SSSR count). The molecule has 0 atom stereocenters. The lowest BCUT2D eigenvalue weighted by molar-refractivity contribution is 0.0602. The van der Waals surface area contributed by atoms with Crippen molar-refractivity contribution in [3.63, 3.8) is 0 Å². The summed E-state index contributed by atoms with van der Waals surface area (Å²) in [6.07, 6.45) is 0. The van der Waals surface area contributed by atoms with E-state index in [0.29, 0.717) is 41.3 Å². The Labute approximate surface area is 185 Å². The molecular weight excluding hydrogens is 406 g/mol. The molecule has 7 nitrogen and oxygen atoms in total. The predicted octanol–water partition coefficient (Wildman–Crippen LogP) is 4.04. The van der Waals surface area contributed by atoms with Gasteiger partial charge in [0.1, 0.15) is 0 Å². The normalized spacial score (nSPS) is 10.8. The van der Waals surface area contributed by atoms with E-state index in [1.54, 1.807) is 24.3 Å². The maximum absolute atomic E-state index is 12.3. The van der Waals surface area contributed by atoms with Crippen LogP contribution in [0.15, 0.2) is 66.7 Å². The molecule has 1 heterocycles. The topological polar surface area (TPSA) is 96.4 Å². The Bertz CT molecular complexity index is 1290. The van der Waals surface area contributed by atoms with Gasteiger partial charge in [0, 0.05) is 5.56 Å². The lowest BCUT2D eigenvalue weighted by Gasteiger charge is -2.12. The van der Waals surface area contributed by atoms with Crippen LogP contribution in [0.4, 0.5) is 0 Å². The summed E-state index contributed by atoms with van der Waals surface area (Å²) in [6, 6.07) is 20.8. The fourth-order valence-corrected chi connectivity index (χ4v) is 3.75. The zero-order valence-corrected chi connectivity index (χ0v) is 17.9. The molecule has 1 aromatic heterocycles. The fraction of sp³-hybridized carbons (Fsp3) is 0.160. The zero-order chi connectivity index (χ0) is 22.7. The molecule has 0 radical (unpaired) electrons. The number of hydrogen-bond acceptors (Lipinski definition) is 5. The quantitative estimate of drug-likeness (QED) is 0.447. The SMILES string of the molecule is CCOc1nc2cccc(C(=O)OC)c2n1Cc1ccc(-c2ccccc2C(N)=O)cc1. The highest BCUT2D eigenvalue weighted by Gasteiger charge is 2.20. The van der Waals surface area contributed by atoms with Gasteiger partial charge in [-0.25, -0.2) is 4.79 Å². The molecule has 7 heteroatoms. The van der Waals surface area contributed by atoms with Crippen LogP contribution in [0.5, 0.6) is 6.01 Å². The molecule has 0 fully saturated rings. The third-order valence-electron chi connectivity index (χ3n) is 5.21. The molecule has 0 bridgehead atoms. The Morgan fingerprint density at radius 1 is 0.969 bits per heavy atom. The number of carbonyl (C=O) groups is 2. The van der Waals surface area contributed by atoms with Crippen LogP contribution in [0.3, 0.4) is 0 Å². The number of carbonyl (C=O) groups excluding carboxylic acids is 2. The van der Waals surface area contributed by atoms with Gasteiger partial charge in [0.15, 0.2) is 0 Å². The Hall–Kier alpha value is -4.13. The van der Waals surface area contributed by atoms with Crippen molar-refractivity contribution in [3.8, 4) is 17.1 Å². The first-order chi connectivity index (χ1) is 15.5. The number of primary amides is 1. The van der Waals surface area contributed by atoms with Gasteiger partial charge in [0.05, 0.1) is 36.9 Å². The number of ether oxygens (including phenoxy) is 2. The van der Waals surface area contributed by atoms with Crippen LogP contribution >= 0.6 is 0 Å². The smallest absolute Gasteiger partial charge is 0.340 e. The van der Waals surface area contributed by atoms with Crippen molar-refractivity contribution in [2.24, 2.45) is 5.73 Å². The number of imidazole rings is 1. The summed E-state index contributed by atoms with van der Waals surface area (Å²) in [4.78, 5) is 28.7. The van der Waals surface area contributed by atoms with Gasteiger partial charge in [-0.05, 0) is 41.8 Å². The van der Waals surface area contributed by atoms with E-state index >= 15 is 0 Å². The number of rotatable bonds is 7. The Kier molecular flexibility index (Phi) is 5.89. The molecule has 0 saturated heterocycles. The second-order valence-electron chi connectivity index (χ2n) is 7.19. The summed E-state index contributed by atoms with van der Waals surface area (Å²) in [7, 11) is 1.36. The number of hydrogen-bond donors (Lipinski definition) is 1. The van der Waals surface area contributed by atoms with E-state index in [9.17, 15) is 9.59 Å². The molecule has 0 aliphatic carbocycles. The Morgan fingerprint density at radius 2 is 1.69 bits per heavy atom. The highest BCUT2D eigenvalue weighted by atomic mass is 16.5. The average Bonchev–Trinajstić information content (AvgIpc) is 3.16. The minimum atomic E-state index is -0.466. The van der Waals surface area contributed by atoms with Crippen molar-refractivity contribution in [3.05, 3.63) is 83.4 Å². The van der Waals surface area contributed by atoms with Crippen LogP contribution in [0.2, 0.25) is 0 Å². The number of para-hydroxylation sites is 1. The molecule has 0 aliphatic heterocycles. The average molecular weight is 429 g/mol. The summed E-state index contributed by atoms with van der Waals surface area (Å²) < 4.78 is 12.6. The van der Waals surface area contributed by atoms with Crippen LogP contribution in [0, 0.1) is 0 Å². The molecule has 0 saturated carbocycles. The van der Waals surface area contributed by atoms with Crippen LogP contribution in [0.1, 0.15) is 33.2 Å². The summed E-state index contributed by atoms with van der Waals surface area (Å²) in [6.45, 7) is 2.77. The van der Waals surface area contributed by atoms with Crippen molar-refractivity contribution in [2.45, 2.75) is 13.5 Å². The fourth-order valence-electron chi connectivity index (χ4n) is 3.75. The number of nitrogens with zero attached hydrogens (tertiary/aromatic N) is 2. The third kappa shape index (κ3) is 3.92. The summed E-state index contributed by atoms with van der Waals surface area (Å²) >= 11 is 0. The zero-order valence-electron chi connectivity index (χ0n) is 17.9. The van der Waals surface area contributed by atoms with E-state index in [-0.39, 0.29) is 0 Å². The van der Waals surface area contributed by atoms with E-state index in [1.807, 2.05) is 54.0 Å². The number of esters is 1. The molecule has 0 unspecified atom stereocenters. The summed E-state index contributed by atoms with van der Waals surface area (Å²) in [5.74, 6) is -0.899. The highest BCUT2D eigenvalue weighted by molar-refractivity contribution is 6.02. The predicted molar refractivity (Wildman–Crippen MR) is 122 cm³/mol. The number of amides is 1. The standard InChI is InChI=1S/C25H23N3O4/c1-3-32-25-27-21-10-6-9-20(24(30)31-2)22(21)28(25)15-16-11-13-17(14-12-16)18-7-4-5-8-19(18)23(26)29/h4-14H,3,15H2,1-2H3,(H2,26,29). The van der Waals surface area contributed by atoms with Crippen LogP contribution in [-0.4, -0.2) is 35.1 Å². The van der Waals surface area contributed by atoms with E-state index in [0.717, 1.165) is 16.7 Å². The largest absolute Gasteiger partial charge is 0.465 e. The summed E-state index contributed by atoms with van der Waals surface area (Å²) in [5.41, 5.74) is 10.4. The van der Waals surface area contributed by atoms with Crippen LogP contribution < -0.4 is 10.5 Å². The van der Waals surface area contributed by atoms with Crippen molar-refractivity contribution >= 4 is 22.9 Å². The Morgan fingerprint density at radius 3 is 2.38 bits per heavy atom. The molecule has 162 valence electrons. The molecule has 1 amide bonds. The molecule has 0 spiro atoms. The lowest BCUT2D eigenvalue weighted by Crippen LogP contribution is -2.12. The van der Waals surface area contributed by atoms with Gasteiger partial charge < -0.3 is 15.2 Å².